The summed E-state index contributed by atoms with van der Waals surface area (Å²) in [5.74, 6) is 0.325. The molecular formula is C11H22N2O. The van der Waals surface area contributed by atoms with Gasteiger partial charge in [-0.05, 0) is 39.3 Å². The number of likely N-dealkylation sites (tertiary alicyclic amines) is 1. The topological polar surface area (TPSA) is 32.3 Å². The highest BCUT2D eigenvalue weighted by molar-refractivity contribution is 5.76. The standard InChI is InChI=1S/C11H22N2O/c1-3-11(14)13-9-5-4-6-10(13)7-8-12-2/h10,12H,3-9H2,1-2H3. The van der Waals surface area contributed by atoms with Crippen LogP contribution in [0, 0.1) is 0 Å². The third kappa shape index (κ3) is 2.98. The molecule has 1 aliphatic rings. The third-order valence-electron chi connectivity index (χ3n) is 2.98. The molecule has 0 aromatic carbocycles. The molecule has 1 saturated heterocycles. The molecule has 1 unspecified atom stereocenters. The fourth-order valence-electron chi connectivity index (χ4n) is 2.14. The molecular weight excluding hydrogens is 176 g/mol. The molecule has 0 spiro atoms. The lowest BCUT2D eigenvalue weighted by molar-refractivity contribution is -0.134. The van der Waals surface area contributed by atoms with Crippen molar-refractivity contribution < 1.29 is 4.79 Å². The molecule has 0 radical (unpaired) electrons. The number of amides is 1. The number of hydrogen-bond donors (Lipinski definition) is 1. The van der Waals surface area contributed by atoms with Crippen molar-refractivity contribution in [2.24, 2.45) is 0 Å². The van der Waals surface area contributed by atoms with Crippen molar-refractivity contribution in [2.45, 2.75) is 45.1 Å². The van der Waals surface area contributed by atoms with E-state index in [-0.39, 0.29) is 0 Å². The van der Waals surface area contributed by atoms with Gasteiger partial charge in [-0.25, -0.2) is 0 Å². The van der Waals surface area contributed by atoms with E-state index in [1.807, 2.05) is 14.0 Å². The van der Waals surface area contributed by atoms with Gasteiger partial charge in [0.15, 0.2) is 0 Å². The summed E-state index contributed by atoms with van der Waals surface area (Å²) < 4.78 is 0. The van der Waals surface area contributed by atoms with Crippen LogP contribution in [0.4, 0.5) is 0 Å². The Morgan fingerprint density at radius 1 is 1.50 bits per heavy atom. The van der Waals surface area contributed by atoms with Crippen molar-refractivity contribution in [1.82, 2.24) is 10.2 Å². The Hall–Kier alpha value is -0.570. The highest BCUT2D eigenvalue weighted by atomic mass is 16.2. The Kier molecular flexibility index (Phi) is 4.94. The predicted molar refractivity (Wildman–Crippen MR) is 58.2 cm³/mol. The molecule has 0 aromatic rings. The van der Waals surface area contributed by atoms with Crippen molar-refractivity contribution in [1.29, 1.82) is 0 Å². The van der Waals surface area contributed by atoms with Gasteiger partial charge in [0.05, 0.1) is 0 Å². The Morgan fingerprint density at radius 3 is 2.93 bits per heavy atom. The molecule has 3 nitrogen and oxygen atoms in total. The summed E-state index contributed by atoms with van der Waals surface area (Å²) in [5.41, 5.74) is 0. The lowest BCUT2D eigenvalue weighted by atomic mass is 9.99. The van der Waals surface area contributed by atoms with E-state index in [0.29, 0.717) is 18.4 Å². The van der Waals surface area contributed by atoms with Crippen LogP contribution in [0.5, 0.6) is 0 Å². The number of nitrogens with zero attached hydrogens (tertiary/aromatic N) is 1. The maximum atomic E-state index is 11.6. The van der Waals surface area contributed by atoms with Gasteiger partial charge in [-0.1, -0.05) is 6.92 Å². The highest BCUT2D eigenvalue weighted by Gasteiger charge is 2.24. The van der Waals surface area contributed by atoms with Crippen LogP contribution in [0.3, 0.4) is 0 Å². The molecule has 1 N–H and O–H groups in total. The Morgan fingerprint density at radius 2 is 2.29 bits per heavy atom. The smallest absolute Gasteiger partial charge is 0.222 e. The van der Waals surface area contributed by atoms with E-state index in [1.54, 1.807) is 0 Å². The van der Waals surface area contributed by atoms with Gasteiger partial charge in [0.2, 0.25) is 5.91 Å². The monoisotopic (exact) mass is 198 g/mol. The minimum absolute atomic E-state index is 0.325. The van der Waals surface area contributed by atoms with E-state index in [1.165, 1.54) is 19.3 Å². The van der Waals surface area contributed by atoms with Crippen LogP contribution in [-0.2, 0) is 4.79 Å². The lowest BCUT2D eigenvalue weighted by Gasteiger charge is -2.35. The van der Waals surface area contributed by atoms with Crippen molar-refractivity contribution in [3.63, 3.8) is 0 Å². The first-order valence-corrected chi connectivity index (χ1v) is 5.73. The minimum atomic E-state index is 0.325. The van der Waals surface area contributed by atoms with Crippen molar-refractivity contribution in [2.75, 3.05) is 20.1 Å². The Bertz CT molecular complexity index is 182. The second-order valence-electron chi connectivity index (χ2n) is 3.98. The van der Waals surface area contributed by atoms with Gasteiger partial charge in [0, 0.05) is 19.0 Å². The van der Waals surface area contributed by atoms with Gasteiger partial charge in [0.1, 0.15) is 0 Å². The molecule has 1 rings (SSSR count). The second-order valence-corrected chi connectivity index (χ2v) is 3.98. The van der Waals surface area contributed by atoms with E-state index < -0.39 is 0 Å². The van der Waals surface area contributed by atoms with Gasteiger partial charge in [-0.15, -0.1) is 0 Å². The molecule has 0 saturated carbocycles. The van der Waals surface area contributed by atoms with Crippen LogP contribution in [0.2, 0.25) is 0 Å². The summed E-state index contributed by atoms with van der Waals surface area (Å²) in [4.78, 5) is 13.7. The van der Waals surface area contributed by atoms with E-state index in [2.05, 4.69) is 10.2 Å². The van der Waals surface area contributed by atoms with Crippen molar-refractivity contribution in [3.05, 3.63) is 0 Å². The van der Waals surface area contributed by atoms with Gasteiger partial charge < -0.3 is 10.2 Å². The average molecular weight is 198 g/mol. The lowest BCUT2D eigenvalue weighted by Crippen LogP contribution is -2.44. The summed E-state index contributed by atoms with van der Waals surface area (Å²) in [6.07, 6.45) is 5.40. The van der Waals surface area contributed by atoms with Gasteiger partial charge in [-0.2, -0.15) is 0 Å². The average Bonchev–Trinajstić information content (AvgIpc) is 2.25. The number of rotatable bonds is 4. The molecule has 0 bridgehead atoms. The van der Waals surface area contributed by atoms with Gasteiger partial charge in [0.25, 0.3) is 0 Å². The van der Waals surface area contributed by atoms with Crippen LogP contribution in [0.1, 0.15) is 39.0 Å². The van der Waals surface area contributed by atoms with Crippen LogP contribution < -0.4 is 5.32 Å². The van der Waals surface area contributed by atoms with Crippen LogP contribution in [0.25, 0.3) is 0 Å². The molecule has 3 heteroatoms. The summed E-state index contributed by atoms with van der Waals surface area (Å²) in [6.45, 7) is 3.94. The molecule has 1 heterocycles. The molecule has 1 aliphatic heterocycles. The van der Waals surface area contributed by atoms with Crippen molar-refractivity contribution >= 4 is 5.91 Å². The van der Waals surface area contributed by atoms with Crippen LogP contribution >= 0.6 is 0 Å². The minimum Gasteiger partial charge on any atom is -0.340 e. The Balaban J connectivity index is 2.45. The molecule has 14 heavy (non-hydrogen) atoms. The largest absolute Gasteiger partial charge is 0.340 e. The van der Waals surface area contributed by atoms with E-state index >= 15 is 0 Å². The number of carbonyl (C=O) groups is 1. The van der Waals surface area contributed by atoms with E-state index in [4.69, 9.17) is 0 Å². The summed E-state index contributed by atoms with van der Waals surface area (Å²) in [7, 11) is 1.97. The van der Waals surface area contributed by atoms with Crippen molar-refractivity contribution in [3.8, 4) is 0 Å². The molecule has 0 aliphatic carbocycles. The third-order valence-corrected chi connectivity index (χ3v) is 2.98. The molecule has 82 valence electrons. The van der Waals surface area contributed by atoms with E-state index in [9.17, 15) is 4.79 Å². The van der Waals surface area contributed by atoms with Gasteiger partial charge >= 0.3 is 0 Å². The van der Waals surface area contributed by atoms with Crippen LogP contribution in [-0.4, -0.2) is 37.0 Å². The zero-order valence-electron chi connectivity index (χ0n) is 9.38. The number of piperidine rings is 1. The van der Waals surface area contributed by atoms with Crippen LogP contribution in [0.15, 0.2) is 0 Å². The first kappa shape index (κ1) is 11.5. The molecule has 1 atom stereocenters. The zero-order valence-corrected chi connectivity index (χ0v) is 9.38. The summed E-state index contributed by atoms with van der Waals surface area (Å²) in [6, 6.07) is 0.489. The zero-order chi connectivity index (χ0) is 10.4. The SMILES string of the molecule is CCC(=O)N1CCCCC1CCNC. The maximum absolute atomic E-state index is 11.6. The second kappa shape index (κ2) is 6.02. The first-order chi connectivity index (χ1) is 6.79. The van der Waals surface area contributed by atoms with Gasteiger partial charge in [-0.3, -0.25) is 4.79 Å². The maximum Gasteiger partial charge on any atom is 0.222 e. The normalized spacial score (nSPS) is 22.4. The highest BCUT2D eigenvalue weighted by Crippen LogP contribution is 2.19. The summed E-state index contributed by atoms with van der Waals surface area (Å²) >= 11 is 0. The summed E-state index contributed by atoms with van der Waals surface area (Å²) in [5, 5.41) is 3.15. The predicted octanol–water partition coefficient (Wildman–Crippen LogP) is 1.39. The number of nitrogens with one attached hydrogen (secondary N) is 1. The fraction of sp³-hybridized carbons (Fsp3) is 0.909. The molecule has 0 aromatic heterocycles. The molecule has 1 fully saturated rings. The number of hydrogen-bond acceptors (Lipinski definition) is 2. The quantitative estimate of drug-likeness (QED) is 0.740. The first-order valence-electron chi connectivity index (χ1n) is 5.73. The Labute approximate surface area is 86.9 Å². The molecule has 1 amide bonds. The fourth-order valence-corrected chi connectivity index (χ4v) is 2.14. The number of carbonyl (C=O) groups excluding carboxylic acids is 1. The van der Waals surface area contributed by atoms with E-state index in [0.717, 1.165) is 19.5 Å².